The zero-order chi connectivity index (χ0) is 16.8. The Morgan fingerprint density at radius 3 is 2.62 bits per heavy atom. The Balaban J connectivity index is 0.00000169. The summed E-state index contributed by atoms with van der Waals surface area (Å²) in [4.78, 5) is 28.3. The molecule has 0 saturated carbocycles. The van der Waals surface area contributed by atoms with Crippen LogP contribution >= 0.6 is 24.8 Å². The molecule has 0 spiro atoms. The fraction of sp³-hybridized carbons (Fsp3) is 0.278. The van der Waals surface area contributed by atoms with Crippen LogP contribution in [0.4, 0.5) is 5.69 Å². The monoisotopic (exact) mass is 396 g/mol. The number of aromatic nitrogens is 1. The van der Waals surface area contributed by atoms with Gasteiger partial charge in [-0.1, -0.05) is 6.07 Å². The highest BCUT2D eigenvalue weighted by Crippen LogP contribution is 2.12. The Kier molecular flexibility index (Phi) is 9.05. The second kappa shape index (κ2) is 10.8. The minimum absolute atomic E-state index is 0. The molecule has 0 radical (unpaired) electrons. The average Bonchev–Trinajstić information content (AvgIpc) is 3.14. The molecule has 0 aliphatic carbocycles. The molecule has 2 amide bonds. The third-order valence-electron chi connectivity index (χ3n) is 3.98. The predicted octanol–water partition coefficient (Wildman–Crippen LogP) is 2.66. The van der Waals surface area contributed by atoms with Crippen molar-refractivity contribution in [1.82, 2.24) is 15.6 Å². The van der Waals surface area contributed by atoms with Crippen molar-refractivity contribution in [2.24, 2.45) is 0 Å². The number of carbonyl (C=O) groups excluding carboxylic acids is 2. The van der Waals surface area contributed by atoms with Crippen molar-refractivity contribution in [3.8, 4) is 0 Å². The molecule has 1 atom stereocenters. The Bertz CT molecular complexity index is 722. The van der Waals surface area contributed by atoms with Crippen LogP contribution in [0.1, 0.15) is 33.6 Å². The number of rotatable bonds is 5. The zero-order valence-electron chi connectivity index (χ0n) is 14.1. The molecule has 1 unspecified atom stereocenters. The van der Waals surface area contributed by atoms with Crippen LogP contribution in [0.5, 0.6) is 0 Å². The van der Waals surface area contributed by atoms with Gasteiger partial charge < -0.3 is 16.0 Å². The van der Waals surface area contributed by atoms with Crippen LogP contribution < -0.4 is 16.0 Å². The second-order valence-electron chi connectivity index (χ2n) is 5.78. The van der Waals surface area contributed by atoms with Gasteiger partial charge in [0.1, 0.15) is 0 Å². The molecule has 140 valence electrons. The van der Waals surface area contributed by atoms with Crippen molar-refractivity contribution >= 4 is 42.3 Å². The van der Waals surface area contributed by atoms with Crippen molar-refractivity contribution in [2.45, 2.75) is 18.9 Å². The maximum Gasteiger partial charge on any atom is 0.257 e. The number of nitrogens with one attached hydrogen (secondary N) is 3. The minimum Gasteiger partial charge on any atom is -0.350 e. The lowest BCUT2D eigenvalue weighted by molar-refractivity contribution is 0.0949. The topological polar surface area (TPSA) is 83.1 Å². The summed E-state index contributed by atoms with van der Waals surface area (Å²) in [7, 11) is 0. The van der Waals surface area contributed by atoms with E-state index >= 15 is 0 Å². The first-order valence-electron chi connectivity index (χ1n) is 8.05. The van der Waals surface area contributed by atoms with Gasteiger partial charge in [-0.2, -0.15) is 0 Å². The molecule has 2 heterocycles. The number of halogens is 2. The van der Waals surface area contributed by atoms with Crippen LogP contribution in [0.2, 0.25) is 0 Å². The van der Waals surface area contributed by atoms with Crippen LogP contribution in [0.15, 0.2) is 48.8 Å². The Hall–Kier alpha value is -2.15. The van der Waals surface area contributed by atoms with Gasteiger partial charge in [0, 0.05) is 36.2 Å². The number of hydrogen-bond donors (Lipinski definition) is 3. The fourth-order valence-corrected chi connectivity index (χ4v) is 2.69. The lowest BCUT2D eigenvalue weighted by Gasteiger charge is -2.12. The van der Waals surface area contributed by atoms with Gasteiger partial charge in [-0.15, -0.1) is 24.8 Å². The number of amides is 2. The number of nitrogens with zero attached hydrogens (tertiary/aromatic N) is 1. The van der Waals surface area contributed by atoms with Gasteiger partial charge in [0.2, 0.25) is 0 Å². The van der Waals surface area contributed by atoms with E-state index in [9.17, 15) is 9.59 Å². The first kappa shape index (κ1) is 21.9. The third kappa shape index (κ3) is 5.98. The summed E-state index contributed by atoms with van der Waals surface area (Å²) in [6.45, 7) is 1.63. The first-order chi connectivity index (χ1) is 11.7. The Labute approximate surface area is 165 Å². The van der Waals surface area contributed by atoms with E-state index in [-0.39, 0.29) is 36.6 Å². The molecule has 6 nitrogen and oxygen atoms in total. The zero-order valence-corrected chi connectivity index (χ0v) is 15.7. The molecule has 3 rings (SSSR count). The molecule has 1 saturated heterocycles. The lowest BCUT2D eigenvalue weighted by atomic mass is 10.1. The van der Waals surface area contributed by atoms with E-state index in [0.717, 1.165) is 19.4 Å². The molecule has 26 heavy (non-hydrogen) atoms. The van der Waals surface area contributed by atoms with Crippen molar-refractivity contribution in [1.29, 1.82) is 0 Å². The van der Waals surface area contributed by atoms with Crippen molar-refractivity contribution < 1.29 is 9.59 Å². The number of pyridine rings is 1. The van der Waals surface area contributed by atoms with Gasteiger partial charge in [-0.3, -0.25) is 14.6 Å². The van der Waals surface area contributed by atoms with E-state index in [1.165, 1.54) is 6.20 Å². The minimum atomic E-state index is -0.254. The van der Waals surface area contributed by atoms with Crippen LogP contribution in [-0.4, -0.2) is 35.9 Å². The van der Waals surface area contributed by atoms with Gasteiger partial charge in [-0.25, -0.2) is 0 Å². The quantitative estimate of drug-likeness (QED) is 0.725. The van der Waals surface area contributed by atoms with E-state index in [1.807, 2.05) is 0 Å². The van der Waals surface area contributed by atoms with Gasteiger partial charge in [-0.05, 0) is 49.7 Å². The van der Waals surface area contributed by atoms with Crippen LogP contribution in [0, 0.1) is 0 Å². The van der Waals surface area contributed by atoms with E-state index in [2.05, 4.69) is 20.9 Å². The van der Waals surface area contributed by atoms with Gasteiger partial charge in [0.05, 0.1) is 5.56 Å². The van der Waals surface area contributed by atoms with Gasteiger partial charge in [0.15, 0.2) is 0 Å². The maximum atomic E-state index is 12.2. The van der Waals surface area contributed by atoms with Crippen molar-refractivity contribution in [3.05, 3.63) is 59.9 Å². The Morgan fingerprint density at radius 1 is 1.12 bits per heavy atom. The summed E-state index contributed by atoms with van der Waals surface area (Å²) < 4.78 is 0. The van der Waals surface area contributed by atoms with Crippen molar-refractivity contribution in [2.75, 3.05) is 18.4 Å². The molecule has 3 N–H and O–H groups in total. The standard InChI is InChI=1S/C18H20N4O2.2ClH/c23-17(21-12-16-7-3-9-20-16)13-4-1-6-15(10-13)22-18(24)14-5-2-8-19-11-14;;/h1-2,4-6,8,10-11,16,20H,3,7,9,12H2,(H,21,23)(H,22,24);2*1H. The summed E-state index contributed by atoms with van der Waals surface area (Å²) in [5, 5.41) is 9.05. The van der Waals surface area contributed by atoms with Gasteiger partial charge >= 0.3 is 0 Å². The lowest BCUT2D eigenvalue weighted by Crippen LogP contribution is -2.37. The maximum absolute atomic E-state index is 12.2. The van der Waals surface area contributed by atoms with Crippen LogP contribution in [-0.2, 0) is 0 Å². The molecule has 1 aromatic heterocycles. The fourth-order valence-electron chi connectivity index (χ4n) is 2.69. The van der Waals surface area contributed by atoms with Crippen LogP contribution in [0.25, 0.3) is 0 Å². The highest BCUT2D eigenvalue weighted by Gasteiger charge is 2.15. The third-order valence-corrected chi connectivity index (χ3v) is 3.98. The van der Waals surface area contributed by atoms with E-state index in [4.69, 9.17) is 0 Å². The first-order valence-corrected chi connectivity index (χ1v) is 8.05. The molecule has 1 fully saturated rings. The summed E-state index contributed by atoms with van der Waals surface area (Å²) >= 11 is 0. The predicted molar refractivity (Wildman–Crippen MR) is 106 cm³/mol. The summed E-state index contributed by atoms with van der Waals surface area (Å²) in [6.07, 6.45) is 5.35. The van der Waals surface area contributed by atoms with Gasteiger partial charge in [0.25, 0.3) is 11.8 Å². The normalized spacial score (nSPS) is 15.3. The average molecular weight is 397 g/mol. The second-order valence-corrected chi connectivity index (χ2v) is 5.78. The molecule has 1 aliphatic heterocycles. The molecule has 1 aromatic carbocycles. The highest BCUT2D eigenvalue weighted by molar-refractivity contribution is 6.04. The molecule has 0 bridgehead atoms. The SMILES string of the molecule is Cl.Cl.O=C(NCC1CCCN1)c1cccc(NC(=O)c2cccnc2)c1. The molecule has 2 aromatic rings. The molecular formula is C18H22Cl2N4O2. The summed E-state index contributed by atoms with van der Waals surface area (Å²) in [6, 6.07) is 10.7. The van der Waals surface area contributed by atoms with Crippen molar-refractivity contribution in [3.63, 3.8) is 0 Å². The number of carbonyl (C=O) groups is 2. The molecule has 1 aliphatic rings. The highest BCUT2D eigenvalue weighted by atomic mass is 35.5. The molecular weight excluding hydrogens is 375 g/mol. The smallest absolute Gasteiger partial charge is 0.257 e. The van der Waals surface area contributed by atoms with Crippen LogP contribution in [0.3, 0.4) is 0 Å². The largest absolute Gasteiger partial charge is 0.350 e. The summed E-state index contributed by atoms with van der Waals surface area (Å²) in [5.74, 6) is -0.392. The number of benzene rings is 1. The van der Waals surface area contributed by atoms with E-state index in [1.54, 1.807) is 42.6 Å². The van der Waals surface area contributed by atoms with E-state index < -0.39 is 0 Å². The van der Waals surface area contributed by atoms with E-state index in [0.29, 0.717) is 29.4 Å². The molecule has 8 heteroatoms. The number of anilines is 1. The number of hydrogen-bond acceptors (Lipinski definition) is 4. The summed E-state index contributed by atoms with van der Waals surface area (Å²) in [5.41, 5.74) is 1.58. The Morgan fingerprint density at radius 2 is 1.92 bits per heavy atom.